The van der Waals surface area contributed by atoms with Crippen molar-refractivity contribution < 1.29 is 0 Å². The molecule has 1 aliphatic carbocycles. The number of pyridine rings is 1. The third kappa shape index (κ3) is 2.89. The summed E-state index contributed by atoms with van der Waals surface area (Å²) in [6.45, 7) is 6.64. The summed E-state index contributed by atoms with van der Waals surface area (Å²) in [6, 6.07) is 2.13. The average Bonchev–Trinajstić information content (AvgIpc) is 2.44. The van der Waals surface area contributed by atoms with Crippen LogP contribution in [0.2, 0.25) is 0 Å². The molecule has 0 saturated carbocycles. The van der Waals surface area contributed by atoms with Gasteiger partial charge >= 0.3 is 0 Å². The molecule has 0 atom stereocenters. The largest absolute Gasteiger partial charge is 0.384 e. The Morgan fingerprint density at radius 2 is 2.05 bits per heavy atom. The molecule has 4 nitrogen and oxygen atoms in total. The first-order chi connectivity index (χ1) is 9.96. The third-order valence-electron chi connectivity index (χ3n) is 4.77. The van der Waals surface area contributed by atoms with Crippen LogP contribution in [0.4, 0.5) is 5.82 Å². The molecule has 1 aromatic rings. The lowest BCUT2D eigenvalue weighted by molar-refractivity contribution is 0.292. The maximum atomic E-state index is 7.92. The monoisotopic (exact) mass is 286 g/mol. The number of aromatic nitrogens is 1. The van der Waals surface area contributed by atoms with Crippen LogP contribution in [0.15, 0.2) is 6.07 Å². The van der Waals surface area contributed by atoms with Crippen molar-refractivity contribution in [3.63, 3.8) is 0 Å². The Balaban J connectivity index is 2.01. The van der Waals surface area contributed by atoms with Gasteiger partial charge in [-0.25, -0.2) is 4.98 Å². The molecule has 0 aromatic carbocycles. The smallest absolute Gasteiger partial charge is 0.139 e. The summed E-state index contributed by atoms with van der Waals surface area (Å²) < 4.78 is 0. The van der Waals surface area contributed by atoms with E-state index in [1.165, 1.54) is 36.9 Å². The molecule has 1 aliphatic heterocycles. The molecular formula is C17H26N4. The van der Waals surface area contributed by atoms with E-state index in [2.05, 4.69) is 24.8 Å². The van der Waals surface area contributed by atoms with Gasteiger partial charge in [-0.3, -0.25) is 5.41 Å². The zero-order valence-corrected chi connectivity index (χ0v) is 13.2. The Morgan fingerprint density at radius 3 is 2.76 bits per heavy atom. The SMILES string of the molecule is CC1(C)CCCN(c2nc3c(cc2C(=N)N)CCCC3)C1. The maximum Gasteiger partial charge on any atom is 0.139 e. The van der Waals surface area contributed by atoms with Gasteiger partial charge in [0.15, 0.2) is 0 Å². The van der Waals surface area contributed by atoms with Crippen molar-refractivity contribution in [3.8, 4) is 0 Å². The van der Waals surface area contributed by atoms with Crippen LogP contribution in [0.1, 0.15) is 56.4 Å². The van der Waals surface area contributed by atoms with Crippen LogP contribution in [0.3, 0.4) is 0 Å². The van der Waals surface area contributed by atoms with Crippen molar-refractivity contribution >= 4 is 11.7 Å². The van der Waals surface area contributed by atoms with Gasteiger partial charge < -0.3 is 10.6 Å². The van der Waals surface area contributed by atoms with E-state index in [9.17, 15) is 0 Å². The van der Waals surface area contributed by atoms with E-state index >= 15 is 0 Å². The first kappa shape index (κ1) is 14.4. The quantitative estimate of drug-likeness (QED) is 0.649. The second kappa shape index (κ2) is 5.32. The second-order valence-corrected chi connectivity index (χ2v) is 7.28. The Kier molecular flexibility index (Phi) is 3.64. The van der Waals surface area contributed by atoms with Crippen molar-refractivity contribution in [1.82, 2.24) is 4.98 Å². The highest BCUT2D eigenvalue weighted by molar-refractivity contribution is 6.00. The number of anilines is 1. The van der Waals surface area contributed by atoms with Crippen LogP contribution in [-0.2, 0) is 12.8 Å². The molecule has 1 aromatic heterocycles. The summed E-state index contributed by atoms with van der Waals surface area (Å²) in [5, 5.41) is 7.92. The predicted octanol–water partition coefficient (Wildman–Crippen LogP) is 2.87. The van der Waals surface area contributed by atoms with E-state index in [1.54, 1.807) is 0 Å². The number of nitrogens with two attached hydrogens (primary N) is 1. The van der Waals surface area contributed by atoms with Crippen molar-refractivity contribution in [1.29, 1.82) is 5.41 Å². The van der Waals surface area contributed by atoms with Crippen LogP contribution < -0.4 is 10.6 Å². The van der Waals surface area contributed by atoms with Crippen LogP contribution in [-0.4, -0.2) is 23.9 Å². The van der Waals surface area contributed by atoms with Gasteiger partial charge in [-0.2, -0.15) is 0 Å². The van der Waals surface area contributed by atoms with Gasteiger partial charge in [0, 0.05) is 18.8 Å². The third-order valence-corrected chi connectivity index (χ3v) is 4.77. The van der Waals surface area contributed by atoms with Gasteiger partial charge in [0.2, 0.25) is 0 Å². The van der Waals surface area contributed by atoms with Gasteiger partial charge in [-0.1, -0.05) is 13.8 Å². The number of hydrogen-bond donors (Lipinski definition) is 2. The van der Waals surface area contributed by atoms with Crippen LogP contribution in [0.5, 0.6) is 0 Å². The first-order valence-electron chi connectivity index (χ1n) is 8.08. The molecule has 0 unspecified atom stereocenters. The standard InChI is InChI=1S/C17H26N4/c1-17(2)8-5-9-21(11-17)16-13(15(18)19)10-12-6-3-4-7-14(12)20-16/h10H,3-9,11H2,1-2H3,(H3,18,19). The lowest BCUT2D eigenvalue weighted by Crippen LogP contribution is -2.41. The van der Waals surface area contributed by atoms with E-state index in [0.717, 1.165) is 37.3 Å². The van der Waals surface area contributed by atoms with Gasteiger partial charge in [-0.15, -0.1) is 0 Å². The fourth-order valence-electron chi connectivity index (χ4n) is 3.67. The fraction of sp³-hybridized carbons (Fsp3) is 0.647. The molecule has 0 amide bonds. The molecule has 2 heterocycles. The number of fused-ring (bicyclic) bond motifs is 1. The van der Waals surface area contributed by atoms with Crippen LogP contribution in [0, 0.1) is 10.8 Å². The Hall–Kier alpha value is -1.58. The number of aryl methyl sites for hydroxylation is 2. The summed E-state index contributed by atoms with van der Waals surface area (Å²) >= 11 is 0. The number of hydrogen-bond acceptors (Lipinski definition) is 3. The Morgan fingerprint density at radius 1 is 1.29 bits per heavy atom. The molecule has 114 valence electrons. The van der Waals surface area contributed by atoms with Gasteiger partial charge in [0.1, 0.15) is 11.7 Å². The minimum absolute atomic E-state index is 0.147. The molecule has 2 aliphatic rings. The minimum Gasteiger partial charge on any atom is -0.384 e. The molecular weight excluding hydrogens is 260 g/mol. The topological polar surface area (TPSA) is 66.0 Å². The number of nitrogens with zero attached hydrogens (tertiary/aromatic N) is 2. The summed E-state index contributed by atoms with van der Waals surface area (Å²) in [4.78, 5) is 7.27. The molecule has 3 N–H and O–H groups in total. The van der Waals surface area contributed by atoms with Crippen LogP contribution >= 0.6 is 0 Å². The number of amidine groups is 1. The van der Waals surface area contributed by atoms with E-state index < -0.39 is 0 Å². The minimum atomic E-state index is 0.147. The second-order valence-electron chi connectivity index (χ2n) is 7.28. The lowest BCUT2D eigenvalue weighted by Gasteiger charge is -2.39. The number of nitrogen functional groups attached to an aromatic ring is 1. The number of piperidine rings is 1. The van der Waals surface area contributed by atoms with Crippen molar-refractivity contribution in [2.24, 2.45) is 11.1 Å². The molecule has 0 radical (unpaired) electrons. The predicted molar refractivity (Wildman–Crippen MR) is 87.1 cm³/mol. The maximum absolute atomic E-state index is 7.92. The van der Waals surface area contributed by atoms with Crippen molar-refractivity contribution in [2.45, 2.75) is 52.4 Å². The molecule has 0 bridgehead atoms. The molecule has 21 heavy (non-hydrogen) atoms. The number of rotatable bonds is 2. The highest BCUT2D eigenvalue weighted by Crippen LogP contribution is 2.33. The van der Waals surface area contributed by atoms with Crippen molar-refractivity contribution in [2.75, 3.05) is 18.0 Å². The van der Waals surface area contributed by atoms with Crippen molar-refractivity contribution in [3.05, 3.63) is 22.9 Å². The molecule has 0 spiro atoms. The Labute approximate surface area is 127 Å². The zero-order chi connectivity index (χ0) is 15.0. The van der Waals surface area contributed by atoms with Gasteiger partial charge in [0.25, 0.3) is 0 Å². The summed E-state index contributed by atoms with van der Waals surface area (Å²) in [5.74, 6) is 1.09. The van der Waals surface area contributed by atoms with Gasteiger partial charge in [0.05, 0.1) is 5.56 Å². The highest BCUT2D eigenvalue weighted by atomic mass is 15.2. The summed E-state index contributed by atoms with van der Waals surface area (Å²) in [5.41, 5.74) is 9.50. The van der Waals surface area contributed by atoms with Crippen LogP contribution in [0.25, 0.3) is 0 Å². The fourth-order valence-corrected chi connectivity index (χ4v) is 3.67. The molecule has 4 heteroatoms. The van der Waals surface area contributed by atoms with E-state index in [1.807, 2.05) is 0 Å². The molecule has 1 saturated heterocycles. The Bertz CT molecular complexity index is 562. The van der Waals surface area contributed by atoms with Gasteiger partial charge in [-0.05, 0) is 55.6 Å². The van der Waals surface area contributed by atoms with E-state index in [-0.39, 0.29) is 5.84 Å². The number of nitrogens with one attached hydrogen (secondary N) is 1. The molecule has 1 fully saturated rings. The zero-order valence-electron chi connectivity index (χ0n) is 13.2. The molecule has 3 rings (SSSR count). The summed E-state index contributed by atoms with van der Waals surface area (Å²) in [7, 11) is 0. The first-order valence-corrected chi connectivity index (χ1v) is 8.08. The highest BCUT2D eigenvalue weighted by Gasteiger charge is 2.29. The van der Waals surface area contributed by atoms with E-state index in [0.29, 0.717) is 5.41 Å². The normalized spacial score (nSPS) is 21.0. The van der Waals surface area contributed by atoms with E-state index in [4.69, 9.17) is 16.1 Å². The lowest BCUT2D eigenvalue weighted by atomic mass is 9.84. The summed E-state index contributed by atoms with van der Waals surface area (Å²) in [6.07, 6.45) is 7.03. The average molecular weight is 286 g/mol.